The van der Waals surface area contributed by atoms with Crippen molar-refractivity contribution in [3.63, 3.8) is 0 Å². The second kappa shape index (κ2) is 8.33. The molecule has 2 amide bonds. The number of carbonyl (C=O) groups excluding carboxylic acids is 1. The largest absolute Gasteiger partial charge is 0.381 e. The molecule has 132 valence electrons. The normalized spacial score (nSPS) is 17.9. The van der Waals surface area contributed by atoms with Gasteiger partial charge in [-0.2, -0.15) is 0 Å². The summed E-state index contributed by atoms with van der Waals surface area (Å²) in [5.41, 5.74) is 1.00. The number of hydrogen-bond acceptors (Lipinski definition) is 3. The van der Waals surface area contributed by atoms with E-state index in [0.717, 1.165) is 44.3 Å². The molecule has 0 spiro atoms. The molecule has 0 radical (unpaired) electrons. The number of halogens is 1. The van der Waals surface area contributed by atoms with E-state index >= 15 is 0 Å². The van der Waals surface area contributed by atoms with Gasteiger partial charge in [0.25, 0.3) is 0 Å². The van der Waals surface area contributed by atoms with Gasteiger partial charge in [0.05, 0.1) is 0 Å². The number of nitrogens with zero attached hydrogens (tertiary/aromatic N) is 2. The first kappa shape index (κ1) is 17.0. The van der Waals surface area contributed by atoms with Crippen LogP contribution in [0.25, 0.3) is 0 Å². The van der Waals surface area contributed by atoms with Crippen LogP contribution in [0.4, 0.5) is 14.9 Å². The predicted molar refractivity (Wildman–Crippen MR) is 91.7 cm³/mol. The van der Waals surface area contributed by atoms with Crippen molar-refractivity contribution in [1.82, 2.24) is 10.2 Å². The van der Waals surface area contributed by atoms with Crippen molar-refractivity contribution in [2.75, 3.05) is 50.8 Å². The first-order valence-electron chi connectivity index (χ1n) is 8.83. The van der Waals surface area contributed by atoms with Crippen molar-refractivity contribution >= 4 is 11.7 Å². The van der Waals surface area contributed by atoms with Gasteiger partial charge in [-0.1, -0.05) is 0 Å². The topological polar surface area (TPSA) is 44.8 Å². The lowest BCUT2D eigenvalue weighted by Crippen LogP contribution is -2.52. The number of rotatable bonds is 7. The fraction of sp³-hybridized carbons (Fsp3) is 0.611. The maximum atomic E-state index is 13.0. The molecule has 3 rings (SSSR count). The summed E-state index contributed by atoms with van der Waals surface area (Å²) in [4.78, 5) is 16.2. The molecule has 0 unspecified atom stereocenters. The zero-order chi connectivity index (χ0) is 16.8. The van der Waals surface area contributed by atoms with Crippen molar-refractivity contribution < 1.29 is 13.9 Å². The first-order chi connectivity index (χ1) is 11.7. The molecule has 1 saturated carbocycles. The van der Waals surface area contributed by atoms with Crippen LogP contribution in [-0.2, 0) is 4.74 Å². The van der Waals surface area contributed by atoms with Crippen LogP contribution >= 0.6 is 0 Å². The number of piperazine rings is 1. The average molecular weight is 335 g/mol. The maximum Gasteiger partial charge on any atom is 0.317 e. The van der Waals surface area contributed by atoms with E-state index < -0.39 is 0 Å². The van der Waals surface area contributed by atoms with Gasteiger partial charge >= 0.3 is 6.03 Å². The smallest absolute Gasteiger partial charge is 0.317 e. The molecule has 24 heavy (non-hydrogen) atoms. The van der Waals surface area contributed by atoms with Crippen molar-refractivity contribution in [3.05, 3.63) is 30.1 Å². The number of urea groups is 1. The Morgan fingerprint density at radius 1 is 1.17 bits per heavy atom. The molecular weight excluding hydrogens is 309 g/mol. The number of anilines is 1. The van der Waals surface area contributed by atoms with Crippen LogP contribution in [0, 0.1) is 11.7 Å². The highest BCUT2D eigenvalue weighted by Crippen LogP contribution is 2.28. The van der Waals surface area contributed by atoms with E-state index in [4.69, 9.17) is 4.74 Å². The summed E-state index contributed by atoms with van der Waals surface area (Å²) in [7, 11) is 0. The molecule has 1 aliphatic heterocycles. The van der Waals surface area contributed by atoms with Crippen LogP contribution in [0.3, 0.4) is 0 Å². The molecular formula is C18H26FN3O2. The molecule has 0 bridgehead atoms. The van der Waals surface area contributed by atoms with Crippen LogP contribution in [0.2, 0.25) is 0 Å². The molecule has 1 heterocycles. The zero-order valence-electron chi connectivity index (χ0n) is 14.0. The minimum atomic E-state index is -0.224. The van der Waals surface area contributed by atoms with Gasteiger partial charge < -0.3 is 19.9 Å². The summed E-state index contributed by atoms with van der Waals surface area (Å²) in [5, 5.41) is 2.96. The fourth-order valence-corrected chi connectivity index (χ4v) is 2.84. The molecule has 1 aromatic rings. The van der Waals surface area contributed by atoms with Crippen molar-refractivity contribution in [3.8, 4) is 0 Å². The van der Waals surface area contributed by atoms with E-state index in [1.165, 1.54) is 25.0 Å². The van der Waals surface area contributed by atoms with Gasteiger partial charge in [0, 0.05) is 51.6 Å². The van der Waals surface area contributed by atoms with Gasteiger partial charge in [-0.25, -0.2) is 9.18 Å². The molecule has 5 nitrogen and oxygen atoms in total. The molecule has 2 fully saturated rings. The quantitative estimate of drug-likeness (QED) is 0.779. The number of ether oxygens (including phenoxy) is 1. The van der Waals surface area contributed by atoms with E-state index in [-0.39, 0.29) is 11.8 Å². The predicted octanol–water partition coefficient (Wildman–Crippen LogP) is 2.47. The lowest BCUT2D eigenvalue weighted by molar-refractivity contribution is 0.121. The van der Waals surface area contributed by atoms with Gasteiger partial charge in [0.2, 0.25) is 0 Å². The standard InChI is InChI=1S/C18H26FN3O2/c19-16-4-6-17(7-5-16)21-9-11-22(12-10-21)18(23)20-8-1-13-24-14-15-2-3-15/h4-7,15H,1-3,8-14H2,(H,20,23). The van der Waals surface area contributed by atoms with Gasteiger partial charge in [0.15, 0.2) is 0 Å². The molecule has 1 saturated heterocycles. The minimum absolute atomic E-state index is 0.00375. The van der Waals surface area contributed by atoms with Crippen molar-refractivity contribution in [2.45, 2.75) is 19.3 Å². The van der Waals surface area contributed by atoms with E-state index in [0.29, 0.717) is 19.6 Å². The average Bonchev–Trinajstić information content (AvgIpc) is 3.43. The third-order valence-electron chi connectivity index (χ3n) is 4.55. The van der Waals surface area contributed by atoms with Gasteiger partial charge in [-0.15, -0.1) is 0 Å². The Morgan fingerprint density at radius 3 is 2.54 bits per heavy atom. The van der Waals surface area contributed by atoms with Crippen LogP contribution in [-0.4, -0.2) is 56.9 Å². The van der Waals surface area contributed by atoms with Gasteiger partial charge in [0.1, 0.15) is 5.82 Å². The maximum absolute atomic E-state index is 13.0. The number of carbonyl (C=O) groups is 1. The Balaban J connectivity index is 1.30. The van der Waals surface area contributed by atoms with E-state index in [2.05, 4.69) is 10.2 Å². The molecule has 6 heteroatoms. The minimum Gasteiger partial charge on any atom is -0.381 e. The molecule has 1 aromatic carbocycles. The van der Waals surface area contributed by atoms with Gasteiger partial charge in [-0.05, 0) is 49.4 Å². The number of amides is 2. The second-order valence-corrected chi connectivity index (χ2v) is 6.55. The highest BCUT2D eigenvalue weighted by molar-refractivity contribution is 5.74. The number of benzene rings is 1. The Morgan fingerprint density at radius 2 is 1.88 bits per heavy atom. The second-order valence-electron chi connectivity index (χ2n) is 6.55. The van der Waals surface area contributed by atoms with Crippen LogP contribution in [0.1, 0.15) is 19.3 Å². The Bertz CT molecular complexity index is 526. The van der Waals surface area contributed by atoms with E-state index in [1.54, 1.807) is 12.1 Å². The molecule has 0 aromatic heterocycles. The highest BCUT2D eigenvalue weighted by atomic mass is 19.1. The molecule has 2 aliphatic rings. The first-order valence-corrected chi connectivity index (χ1v) is 8.83. The van der Waals surface area contributed by atoms with Crippen LogP contribution < -0.4 is 10.2 Å². The zero-order valence-corrected chi connectivity index (χ0v) is 14.0. The summed E-state index contributed by atoms with van der Waals surface area (Å²) < 4.78 is 18.5. The third-order valence-corrected chi connectivity index (χ3v) is 4.55. The molecule has 1 aliphatic carbocycles. The van der Waals surface area contributed by atoms with Crippen LogP contribution in [0.15, 0.2) is 24.3 Å². The van der Waals surface area contributed by atoms with E-state index in [9.17, 15) is 9.18 Å². The monoisotopic (exact) mass is 335 g/mol. The Kier molecular flexibility index (Phi) is 5.91. The SMILES string of the molecule is O=C(NCCCOCC1CC1)N1CCN(c2ccc(F)cc2)CC1. The fourth-order valence-electron chi connectivity index (χ4n) is 2.84. The van der Waals surface area contributed by atoms with Crippen LogP contribution in [0.5, 0.6) is 0 Å². The Hall–Kier alpha value is -1.82. The lowest BCUT2D eigenvalue weighted by atomic mass is 10.2. The number of hydrogen-bond donors (Lipinski definition) is 1. The van der Waals surface area contributed by atoms with Gasteiger partial charge in [-0.3, -0.25) is 0 Å². The summed E-state index contributed by atoms with van der Waals surface area (Å²) in [6.07, 6.45) is 3.47. The summed E-state index contributed by atoms with van der Waals surface area (Å²) in [5.74, 6) is 0.565. The highest BCUT2D eigenvalue weighted by Gasteiger charge is 2.22. The summed E-state index contributed by atoms with van der Waals surface area (Å²) in [6, 6.07) is 6.51. The summed E-state index contributed by atoms with van der Waals surface area (Å²) in [6.45, 7) is 5.14. The molecule has 1 N–H and O–H groups in total. The lowest BCUT2D eigenvalue weighted by Gasteiger charge is -2.36. The summed E-state index contributed by atoms with van der Waals surface area (Å²) >= 11 is 0. The van der Waals surface area contributed by atoms with E-state index in [1.807, 2.05) is 4.90 Å². The number of nitrogens with one attached hydrogen (secondary N) is 1. The Labute approximate surface area is 142 Å². The molecule has 0 atom stereocenters. The van der Waals surface area contributed by atoms with Crippen molar-refractivity contribution in [2.24, 2.45) is 5.92 Å². The third kappa shape index (κ3) is 5.09. The van der Waals surface area contributed by atoms with Crippen molar-refractivity contribution in [1.29, 1.82) is 0 Å².